The van der Waals surface area contributed by atoms with Gasteiger partial charge in [-0.25, -0.2) is 4.79 Å². The van der Waals surface area contributed by atoms with Crippen molar-refractivity contribution >= 4 is 21.9 Å². The molecule has 14 heavy (non-hydrogen) atoms. The quantitative estimate of drug-likeness (QED) is 0.778. The van der Waals surface area contributed by atoms with Crippen LogP contribution in [0.5, 0.6) is 5.75 Å². The van der Waals surface area contributed by atoms with Crippen molar-refractivity contribution in [2.24, 2.45) is 0 Å². The molecule has 0 saturated heterocycles. The van der Waals surface area contributed by atoms with Gasteiger partial charge in [0.15, 0.2) is 0 Å². The van der Waals surface area contributed by atoms with Gasteiger partial charge in [-0.3, -0.25) is 0 Å². The second kappa shape index (κ2) is 4.11. The third-order valence-corrected chi connectivity index (χ3v) is 2.20. The molecule has 1 aromatic rings. The molecule has 72 valence electrons. The standard InChI is InChI=1S/C9H6BrNO3/c1-14-9(13)6-2-5(4-11)3-7(10)8(6)12/h2-3,12H,1H3. The number of hydrogen-bond acceptors (Lipinski definition) is 4. The van der Waals surface area contributed by atoms with Gasteiger partial charge in [0, 0.05) is 0 Å². The van der Waals surface area contributed by atoms with E-state index < -0.39 is 5.97 Å². The molecule has 1 aromatic carbocycles. The summed E-state index contributed by atoms with van der Waals surface area (Å²) in [6.07, 6.45) is 0. The molecule has 0 heterocycles. The number of hydrogen-bond donors (Lipinski definition) is 1. The first kappa shape index (κ1) is 10.5. The van der Waals surface area contributed by atoms with Crippen molar-refractivity contribution in [1.82, 2.24) is 0 Å². The normalized spacial score (nSPS) is 9.21. The van der Waals surface area contributed by atoms with Crippen LogP contribution in [0.15, 0.2) is 16.6 Å². The molecule has 0 radical (unpaired) electrons. The molecule has 0 amide bonds. The molecule has 0 aliphatic rings. The van der Waals surface area contributed by atoms with Crippen LogP contribution in [0.1, 0.15) is 15.9 Å². The number of methoxy groups -OCH3 is 1. The average Bonchev–Trinajstić information content (AvgIpc) is 2.20. The molecule has 4 nitrogen and oxygen atoms in total. The summed E-state index contributed by atoms with van der Waals surface area (Å²) >= 11 is 3.03. The number of ether oxygens (including phenoxy) is 1. The zero-order valence-corrected chi connectivity index (χ0v) is 8.83. The van der Waals surface area contributed by atoms with Gasteiger partial charge >= 0.3 is 5.97 Å². The highest BCUT2D eigenvalue weighted by Crippen LogP contribution is 2.29. The molecule has 0 fully saturated rings. The van der Waals surface area contributed by atoms with Gasteiger partial charge in [0.2, 0.25) is 0 Å². The van der Waals surface area contributed by atoms with Crippen molar-refractivity contribution in [3.63, 3.8) is 0 Å². The van der Waals surface area contributed by atoms with E-state index in [0.717, 1.165) is 0 Å². The maximum Gasteiger partial charge on any atom is 0.341 e. The number of halogens is 1. The van der Waals surface area contributed by atoms with Gasteiger partial charge in [0.25, 0.3) is 0 Å². The first-order chi connectivity index (χ1) is 6.60. The van der Waals surface area contributed by atoms with Crippen LogP contribution in [0.25, 0.3) is 0 Å². The fourth-order valence-corrected chi connectivity index (χ4v) is 1.39. The summed E-state index contributed by atoms with van der Waals surface area (Å²) in [5.41, 5.74) is 0.244. The predicted molar refractivity (Wildman–Crippen MR) is 51.9 cm³/mol. The van der Waals surface area contributed by atoms with Crippen molar-refractivity contribution in [3.8, 4) is 11.8 Å². The first-order valence-electron chi connectivity index (χ1n) is 3.61. The lowest BCUT2D eigenvalue weighted by atomic mass is 10.1. The summed E-state index contributed by atoms with van der Waals surface area (Å²) in [6.45, 7) is 0. The number of rotatable bonds is 1. The number of carbonyl (C=O) groups is 1. The molecule has 5 heteroatoms. The van der Waals surface area contributed by atoms with Crippen molar-refractivity contribution in [3.05, 3.63) is 27.7 Å². The Morgan fingerprint density at radius 3 is 2.79 bits per heavy atom. The highest BCUT2D eigenvalue weighted by atomic mass is 79.9. The van der Waals surface area contributed by atoms with Crippen LogP contribution in [0, 0.1) is 11.3 Å². The van der Waals surface area contributed by atoms with Gasteiger partial charge in [-0.1, -0.05) is 0 Å². The van der Waals surface area contributed by atoms with Crippen LogP contribution in [-0.4, -0.2) is 18.2 Å². The highest BCUT2D eigenvalue weighted by molar-refractivity contribution is 9.10. The van der Waals surface area contributed by atoms with Crippen molar-refractivity contribution in [2.75, 3.05) is 7.11 Å². The number of benzene rings is 1. The minimum absolute atomic E-state index is 0.0292. The molecule has 0 saturated carbocycles. The number of nitriles is 1. The van der Waals surface area contributed by atoms with Crippen molar-refractivity contribution in [1.29, 1.82) is 5.26 Å². The molecular weight excluding hydrogens is 250 g/mol. The Hall–Kier alpha value is -1.54. The lowest BCUT2D eigenvalue weighted by Crippen LogP contribution is -2.02. The smallest absolute Gasteiger partial charge is 0.341 e. The predicted octanol–water partition coefficient (Wildman–Crippen LogP) is 1.81. The molecule has 0 atom stereocenters. The van der Waals surface area contributed by atoms with Crippen molar-refractivity contribution < 1.29 is 14.6 Å². The fraction of sp³-hybridized carbons (Fsp3) is 0.111. The van der Waals surface area contributed by atoms with Gasteiger partial charge < -0.3 is 9.84 Å². The second-order valence-electron chi connectivity index (χ2n) is 2.46. The second-order valence-corrected chi connectivity index (χ2v) is 3.31. The van der Waals surface area contributed by atoms with Gasteiger partial charge in [0.1, 0.15) is 11.3 Å². The lowest BCUT2D eigenvalue weighted by Gasteiger charge is -2.04. The number of esters is 1. The van der Waals surface area contributed by atoms with Gasteiger partial charge in [-0.15, -0.1) is 0 Å². The van der Waals surface area contributed by atoms with Crippen LogP contribution in [-0.2, 0) is 4.74 Å². The van der Waals surface area contributed by atoms with E-state index in [1.54, 1.807) is 0 Å². The number of aromatic hydroxyl groups is 1. The Bertz CT molecular complexity index is 423. The largest absolute Gasteiger partial charge is 0.506 e. The van der Waals surface area contributed by atoms with Crippen LogP contribution < -0.4 is 0 Å². The minimum Gasteiger partial charge on any atom is -0.506 e. The minimum atomic E-state index is -0.680. The third-order valence-electron chi connectivity index (χ3n) is 1.60. The summed E-state index contributed by atoms with van der Waals surface area (Å²) in [5, 5.41) is 18.1. The number of nitrogens with zero attached hydrogens (tertiary/aromatic N) is 1. The summed E-state index contributed by atoms with van der Waals surface area (Å²) in [6, 6.07) is 4.55. The summed E-state index contributed by atoms with van der Waals surface area (Å²) in [5.74, 6) is -0.906. The van der Waals surface area contributed by atoms with Crippen LogP contribution in [0.2, 0.25) is 0 Å². The monoisotopic (exact) mass is 255 g/mol. The maximum atomic E-state index is 11.1. The zero-order valence-electron chi connectivity index (χ0n) is 7.24. The SMILES string of the molecule is COC(=O)c1cc(C#N)cc(Br)c1O. The van der Waals surface area contributed by atoms with E-state index in [1.807, 2.05) is 6.07 Å². The Balaban J connectivity index is 3.36. The molecule has 0 unspecified atom stereocenters. The Kier molecular flexibility index (Phi) is 3.10. The highest BCUT2D eigenvalue weighted by Gasteiger charge is 2.15. The Labute approximate surface area is 88.9 Å². The van der Waals surface area contributed by atoms with Gasteiger partial charge in [-0.05, 0) is 28.1 Å². The van der Waals surface area contributed by atoms with Gasteiger partial charge in [0.05, 0.1) is 23.2 Å². The molecule has 1 N–H and O–H groups in total. The van der Waals surface area contributed by atoms with E-state index in [4.69, 9.17) is 5.26 Å². The van der Waals surface area contributed by atoms with E-state index in [1.165, 1.54) is 19.2 Å². The topological polar surface area (TPSA) is 70.3 Å². The van der Waals surface area contributed by atoms with E-state index in [-0.39, 0.29) is 21.3 Å². The van der Waals surface area contributed by atoms with Crippen LogP contribution in [0.4, 0.5) is 0 Å². The summed E-state index contributed by atoms with van der Waals surface area (Å²) < 4.78 is 4.73. The van der Waals surface area contributed by atoms with E-state index >= 15 is 0 Å². The maximum absolute atomic E-state index is 11.1. The molecule has 1 rings (SSSR count). The number of phenols is 1. The first-order valence-corrected chi connectivity index (χ1v) is 4.40. The molecular formula is C9H6BrNO3. The van der Waals surface area contributed by atoms with E-state index in [0.29, 0.717) is 0 Å². The molecule has 0 aromatic heterocycles. The van der Waals surface area contributed by atoms with Gasteiger partial charge in [-0.2, -0.15) is 5.26 Å². The Morgan fingerprint density at radius 1 is 1.64 bits per heavy atom. The molecule has 0 aliphatic heterocycles. The number of phenolic OH excluding ortho intramolecular Hbond substituents is 1. The fourth-order valence-electron chi connectivity index (χ4n) is 0.929. The van der Waals surface area contributed by atoms with E-state index in [9.17, 15) is 9.90 Å². The summed E-state index contributed by atoms with van der Waals surface area (Å²) in [4.78, 5) is 11.1. The zero-order chi connectivity index (χ0) is 10.7. The van der Waals surface area contributed by atoms with Crippen LogP contribution in [0.3, 0.4) is 0 Å². The van der Waals surface area contributed by atoms with Crippen molar-refractivity contribution in [2.45, 2.75) is 0 Å². The van der Waals surface area contributed by atoms with Crippen LogP contribution >= 0.6 is 15.9 Å². The lowest BCUT2D eigenvalue weighted by molar-refractivity contribution is 0.0597. The van der Waals surface area contributed by atoms with E-state index in [2.05, 4.69) is 20.7 Å². The Morgan fingerprint density at radius 2 is 2.29 bits per heavy atom. The number of carbonyl (C=O) groups excluding carboxylic acids is 1. The third kappa shape index (κ3) is 1.86. The molecule has 0 bridgehead atoms. The average molecular weight is 256 g/mol. The molecule has 0 aliphatic carbocycles. The summed E-state index contributed by atoms with van der Waals surface area (Å²) in [7, 11) is 1.20. The molecule has 0 spiro atoms.